The SMILES string of the molecule is COc1cc(/C=C2/SC(=O)N(CC(=O)Nc3cccc(F)c3)C2=O)c(Br)cc1OCc1cccc([N+](=O)[O-])c1. The molecule has 1 saturated heterocycles. The molecule has 3 amide bonds. The van der Waals surface area contributed by atoms with Crippen LogP contribution in [0.4, 0.5) is 20.6 Å². The Kier molecular flexibility index (Phi) is 8.62. The zero-order chi connectivity index (χ0) is 28.1. The highest BCUT2D eigenvalue weighted by Gasteiger charge is 2.36. The van der Waals surface area contributed by atoms with E-state index in [1.165, 1.54) is 43.5 Å². The minimum atomic E-state index is -0.656. The molecule has 0 aliphatic carbocycles. The third-order valence-electron chi connectivity index (χ3n) is 5.37. The van der Waals surface area contributed by atoms with Crippen molar-refractivity contribution in [2.24, 2.45) is 0 Å². The molecule has 0 atom stereocenters. The molecule has 0 unspecified atom stereocenters. The minimum Gasteiger partial charge on any atom is -0.493 e. The second kappa shape index (κ2) is 12.1. The zero-order valence-corrected chi connectivity index (χ0v) is 22.6. The van der Waals surface area contributed by atoms with Crippen molar-refractivity contribution in [1.29, 1.82) is 0 Å². The third kappa shape index (κ3) is 6.81. The number of nitro groups is 1. The van der Waals surface area contributed by atoms with E-state index >= 15 is 0 Å². The van der Waals surface area contributed by atoms with Gasteiger partial charge in [0, 0.05) is 22.3 Å². The molecule has 1 heterocycles. The van der Waals surface area contributed by atoms with Crippen LogP contribution >= 0.6 is 27.7 Å². The molecule has 200 valence electrons. The Morgan fingerprint density at radius 2 is 1.92 bits per heavy atom. The number of nitro benzene ring substituents is 1. The number of nitrogens with zero attached hydrogens (tertiary/aromatic N) is 2. The first-order valence-electron chi connectivity index (χ1n) is 11.2. The van der Waals surface area contributed by atoms with E-state index in [0.29, 0.717) is 38.9 Å². The van der Waals surface area contributed by atoms with Gasteiger partial charge in [-0.2, -0.15) is 0 Å². The van der Waals surface area contributed by atoms with Gasteiger partial charge in [0.25, 0.3) is 16.8 Å². The summed E-state index contributed by atoms with van der Waals surface area (Å²) in [5.74, 6) is -1.18. The van der Waals surface area contributed by atoms with E-state index in [-0.39, 0.29) is 22.9 Å². The van der Waals surface area contributed by atoms with Gasteiger partial charge in [0.05, 0.1) is 16.9 Å². The maximum absolute atomic E-state index is 13.4. The fraction of sp³-hybridized carbons (Fsp3) is 0.115. The van der Waals surface area contributed by atoms with Crippen LogP contribution in [-0.2, 0) is 16.2 Å². The van der Waals surface area contributed by atoms with Crippen LogP contribution in [0.3, 0.4) is 0 Å². The summed E-state index contributed by atoms with van der Waals surface area (Å²) in [5.41, 5.74) is 1.23. The number of amides is 3. The number of anilines is 1. The number of imide groups is 1. The molecule has 4 rings (SSSR count). The molecule has 0 spiro atoms. The fourth-order valence-corrected chi connectivity index (χ4v) is 4.81. The molecule has 3 aromatic rings. The van der Waals surface area contributed by atoms with Crippen molar-refractivity contribution in [3.05, 3.63) is 97.1 Å². The number of rotatable bonds is 9. The van der Waals surface area contributed by atoms with Crippen molar-refractivity contribution in [3.63, 3.8) is 0 Å². The molecule has 3 aromatic carbocycles. The Hall–Kier alpha value is -4.23. The van der Waals surface area contributed by atoms with Crippen molar-refractivity contribution < 1.29 is 33.2 Å². The van der Waals surface area contributed by atoms with Crippen LogP contribution in [0.1, 0.15) is 11.1 Å². The number of thioether (sulfide) groups is 1. The van der Waals surface area contributed by atoms with Gasteiger partial charge in [0.2, 0.25) is 5.91 Å². The molecule has 1 aliphatic heterocycles. The minimum absolute atomic E-state index is 0.0421. The summed E-state index contributed by atoms with van der Waals surface area (Å²) in [7, 11) is 1.43. The number of ether oxygens (including phenoxy) is 2. The van der Waals surface area contributed by atoms with E-state index in [0.717, 1.165) is 11.0 Å². The largest absolute Gasteiger partial charge is 0.493 e. The van der Waals surface area contributed by atoms with Crippen LogP contribution in [0.5, 0.6) is 11.5 Å². The van der Waals surface area contributed by atoms with Gasteiger partial charge in [0.1, 0.15) is 19.0 Å². The molecule has 0 bridgehead atoms. The van der Waals surface area contributed by atoms with Crippen molar-refractivity contribution in [2.75, 3.05) is 19.0 Å². The standard InChI is InChI=1S/C26H19BrFN3O7S/c1-37-21-9-16(20(27)12-22(21)38-14-15-4-2-7-19(8-15)31(35)36)10-23-25(33)30(26(34)39-23)13-24(32)29-18-6-3-5-17(28)11-18/h2-12H,13-14H2,1H3,(H,29,32)/b23-10+. The summed E-state index contributed by atoms with van der Waals surface area (Å²) in [5, 5.41) is 12.8. The van der Waals surface area contributed by atoms with Gasteiger partial charge in [-0.3, -0.25) is 29.4 Å². The van der Waals surface area contributed by atoms with Gasteiger partial charge in [-0.05, 0) is 59.3 Å². The number of non-ortho nitro benzene ring substituents is 1. The topological polar surface area (TPSA) is 128 Å². The van der Waals surface area contributed by atoms with E-state index in [4.69, 9.17) is 9.47 Å². The van der Waals surface area contributed by atoms with Crippen LogP contribution in [0, 0.1) is 15.9 Å². The van der Waals surface area contributed by atoms with Gasteiger partial charge >= 0.3 is 0 Å². The number of benzene rings is 3. The Balaban J connectivity index is 1.47. The molecule has 1 fully saturated rings. The second-order valence-corrected chi connectivity index (χ2v) is 9.91. The van der Waals surface area contributed by atoms with Crippen molar-refractivity contribution in [2.45, 2.75) is 6.61 Å². The molecular formula is C26H19BrFN3O7S. The summed E-state index contributed by atoms with van der Waals surface area (Å²) in [6.07, 6.45) is 1.48. The predicted molar refractivity (Wildman–Crippen MR) is 146 cm³/mol. The Bertz CT molecular complexity index is 1510. The number of nitrogens with one attached hydrogen (secondary N) is 1. The average molecular weight is 616 g/mol. The van der Waals surface area contributed by atoms with Crippen molar-refractivity contribution >= 4 is 62.2 Å². The van der Waals surface area contributed by atoms with E-state index in [1.807, 2.05) is 0 Å². The van der Waals surface area contributed by atoms with Crippen LogP contribution in [0.2, 0.25) is 0 Å². The molecule has 1 aliphatic rings. The van der Waals surface area contributed by atoms with E-state index in [9.17, 15) is 28.9 Å². The number of methoxy groups -OCH3 is 1. The monoisotopic (exact) mass is 615 g/mol. The lowest BCUT2D eigenvalue weighted by Crippen LogP contribution is -2.36. The predicted octanol–water partition coefficient (Wildman–Crippen LogP) is 5.76. The lowest BCUT2D eigenvalue weighted by Gasteiger charge is -2.13. The highest BCUT2D eigenvalue weighted by Crippen LogP contribution is 2.38. The molecule has 13 heteroatoms. The van der Waals surface area contributed by atoms with Crippen LogP contribution < -0.4 is 14.8 Å². The molecule has 39 heavy (non-hydrogen) atoms. The van der Waals surface area contributed by atoms with Gasteiger partial charge in [0.15, 0.2) is 11.5 Å². The highest BCUT2D eigenvalue weighted by molar-refractivity contribution is 9.10. The van der Waals surface area contributed by atoms with E-state index < -0.39 is 34.3 Å². The molecule has 0 saturated carbocycles. The quantitative estimate of drug-likeness (QED) is 0.183. The van der Waals surface area contributed by atoms with Gasteiger partial charge in [-0.15, -0.1) is 0 Å². The lowest BCUT2D eigenvalue weighted by atomic mass is 10.1. The van der Waals surface area contributed by atoms with Gasteiger partial charge in [-0.25, -0.2) is 4.39 Å². The second-order valence-electron chi connectivity index (χ2n) is 8.07. The first kappa shape index (κ1) is 27.8. The van der Waals surface area contributed by atoms with Gasteiger partial charge < -0.3 is 14.8 Å². The molecular weight excluding hydrogens is 597 g/mol. The molecule has 0 radical (unpaired) electrons. The van der Waals surface area contributed by atoms with Gasteiger partial charge in [-0.1, -0.05) is 34.1 Å². The number of hydrogen-bond donors (Lipinski definition) is 1. The molecule has 10 nitrogen and oxygen atoms in total. The number of hydrogen-bond acceptors (Lipinski definition) is 8. The summed E-state index contributed by atoms with van der Waals surface area (Å²) >= 11 is 4.10. The first-order chi connectivity index (χ1) is 18.6. The van der Waals surface area contributed by atoms with E-state index in [2.05, 4.69) is 21.2 Å². The molecule has 1 N–H and O–H groups in total. The summed E-state index contributed by atoms with van der Waals surface area (Å²) in [6, 6.07) is 14.5. The Morgan fingerprint density at radius 1 is 1.15 bits per heavy atom. The summed E-state index contributed by atoms with van der Waals surface area (Å²) in [4.78, 5) is 49.1. The third-order valence-corrected chi connectivity index (χ3v) is 6.96. The lowest BCUT2D eigenvalue weighted by molar-refractivity contribution is -0.384. The Morgan fingerprint density at radius 3 is 2.64 bits per heavy atom. The normalized spacial score (nSPS) is 14.0. The van der Waals surface area contributed by atoms with Crippen LogP contribution in [0.15, 0.2) is 70.0 Å². The maximum atomic E-state index is 13.4. The fourth-order valence-electron chi connectivity index (χ4n) is 3.54. The average Bonchev–Trinajstić information content (AvgIpc) is 3.16. The number of halogens is 2. The maximum Gasteiger partial charge on any atom is 0.294 e. The zero-order valence-electron chi connectivity index (χ0n) is 20.2. The van der Waals surface area contributed by atoms with Crippen molar-refractivity contribution in [3.8, 4) is 11.5 Å². The summed E-state index contributed by atoms with van der Waals surface area (Å²) in [6.45, 7) is -0.492. The van der Waals surface area contributed by atoms with Crippen LogP contribution in [-0.4, -0.2) is 40.5 Å². The van der Waals surface area contributed by atoms with Crippen molar-refractivity contribution in [1.82, 2.24) is 4.90 Å². The number of carbonyl (C=O) groups excluding carboxylic acids is 3. The highest BCUT2D eigenvalue weighted by atomic mass is 79.9. The van der Waals surface area contributed by atoms with Crippen LogP contribution in [0.25, 0.3) is 6.08 Å². The first-order valence-corrected chi connectivity index (χ1v) is 12.8. The number of carbonyl (C=O) groups is 3. The van der Waals surface area contributed by atoms with E-state index in [1.54, 1.807) is 24.3 Å². The summed E-state index contributed by atoms with van der Waals surface area (Å²) < 4.78 is 25.1. The smallest absolute Gasteiger partial charge is 0.294 e. The Labute approximate surface area is 234 Å². The molecule has 0 aromatic heterocycles.